The van der Waals surface area contributed by atoms with Crippen molar-refractivity contribution in [2.75, 3.05) is 0 Å². The highest BCUT2D eigenvalue weighted by atomic mass is 15.3. The standard InChI is InChI=1S/C30H31N9/c1-28(2,15-31)25-7-22(6-23(8-25)13-38-20-34-18-36-38)12-30(5,17-33)27-10-24(14-39-21-35-19-37-39)9-26(11-27)29(3,4)16-32/h6-11,18-21H,12-14H2,1-5H3/i5D3. The second-order valence-corrected chi connectivity index (χ2v) is 10.8. The molecule has 0 N–H and O–H groups in total. The molecular formula is C30H31N9. The Bertz CT molecular complexity index is 1680. The van der Waals surface area contributed by atoms with Crippen molar-refractivity contribution >= 4 is 0 Å². The van der Waals surface area contributed by atoms with Gasteiger partial charge in [0.2, 0.25) is 0 Å². The Morgan fingerprint density at radius 3 is 1.64 bits per heavy atom. The van der Waals surface area contributed by atoms with Crippen molar-refractivity contribution in [3.8, 4) is 18.2 Å². The van der Waals surface area contributed by atoms with E-state index < -0.39 is 23.1 Å². The lowest BCUT2D eigenvalue weighted by Crippen LogP contribution is -2.26. The van der Waals surface area contributed by atoms with Crippen LogP contribution >= 0.6 is 0 Å². The largest absolute Gasteiger partial charge is 0.249 e. The molecule has 196 valence electrons. The Kier molecular flexibility index (Phi) is 6.29. The summed E-state index contributed by atoms with van der Waals surface area (Å²) in [6.45, 7) is 4.96. The number of hydrogen-bond acceptors (Lipinski definition) is 7. The molecule has 0 fully saturated rings. The number of nitriles is 3. The molecule has 0 saturated heterocycles. The summed E-state index contributed by atoms with van der Waals surface area (Å²) in [4.78, 5) is 7.97. The summed E-state index contributed by atoms with van der Waals surface area (Å²) in [6.07, 6.45) is 5.79. The van der Waals surface area contributed by atoms with E-state index in [1.54, 1.807) is 67.9 Å². The summed E-state index contributed by atoms with van der Waals surface area (Å²) in [5, 5.41) is 38.8. The van der Waals surface area contributed by atoms with Crippen molar-refractivity contribution in [2.24, 2.45) is 0 Å². The lowest BCUT2D eigenvalue weighted by Gasteiger charge is -2.27. The van der Waals surface area contributed by atoms with Gasteiger partial charge in [-0.25, -0.2) is 19.3 Å². The number of benzene rings is 2. The highest BCUT2D eigenvalue weighted by molar-refractivity contribution is 5.46. The molecule has 0 aliphatic heterocycles. The first-order valence-corrected chi connectivity index (χ1v) is 12.4. The van der Waals surface area contributed by atoms with Gasteiger partial charge < -0.3 is 0 Å². The second-order valence-electron chi connectivity index (χ2n) is 10.8. The second kappa shape index (κ2) is 10.5. The quantitative estimate of drug-likeness (QED) is 0.315. The molecule has 0 aliphatic rings. The molecule has 0 aliphatic carbocycles. The van der Waals surface area contributed by atoms with Crippen LogP contribution in [-0.2, 0) is 35.8 Å². The van der Waals surface area contributed by atoms with Crippen molar-refractivity contribution < 1.29 is 4.11 Å². The maximum absolute atomic E-state index is 10.7. The van der Waals surface area contributed by atoms with Crippen LogP contribution < -0.4 is 0 Å². The van der Waals surface area contributed by atoms with Crippen molar-refractivity contribution in [1.82, 2.24) is 29.5 Å². The Labute approximate surface area is 233 Å². The highest BCUT2D eigenvalue weighted by Crippen LogP contribution is 2.35. The van der Waals surface area contributed by atoms with Gasteiger partial charge in [-0.2, -0.15) is 26.0 Å². The summed E-state index contributed by atoms with van der Waals surface area (Å²) in [7, 11) is 0. The van der Waals surface area contributed by atoms with Gasteiger partial charge in [-0.15, -0.1) is 0 Å². The Morgan fingerprint density at radius 2 is 1.18 bits per heavy atom. The van der Waals surface area contributed by atoms with E-state index in [1.165, 1.54) is 12.7 Å². The third-order valence-electron chi connectivity index (χ3n) is 6.82. The summed E-state index contributed by atoms with van der Waals surface area (Å²) >= 11 is 0. The minimum Gasteiger partial charge on any atom is -0.249 e. The van der Waals surface area contributed by atoms with Crippen LogP contribution in [0.1, 0.15) is 72.0 Å². The average molecular weight is 521 g/mol. The molecule has 0 radical (unpaired) electrons. The van der Waals surface area contributed by atoms with Crippen LogP contribution in [-0.4, -0.2) is 29.5 Å². The Hall–Kier alpha value is -4.81. The molecule has 0 amide bonds. The molecule has 2 aromatic heterocycles. The predicted octanol–water partition coefficient (Wildman–Crippen LogP) is 4.59. The molecule has 0 bridgehead atoms. The maximum atomic E-state index is 10.7. The number of hydrogen-bond donors (Lipinski definition) is 0. The lowest BCUT2D eigenvalue weighted by molar-refractivity contribution is 0.592. The minimum atomic E-state index is -2.74. The number of aromatic nitrogens is 6. The van der Waals surface area contributed by atoms with Crippen LogP contribution in [0.2, 0.25) is 0 Å². The molecule has 0 spiro atoms. The summed E-state index contributed by atoms with van der Waals surface area (Å²) < 4.78 is 29.1. The van der Waals surface area contributed by atoms with Gasteiger partial charge >= 0.3 is 0 Å². The Balaban J connectivity index is 1.92. The van der Waals surface area contributed by atoms with Gasteiger partial charge in [0.25, 0.3) is 0 Å². The van der Waals surface area contributed by atoms with Gasteiger partial charge in [0.15, 0.2) is 0 Å². The van der Waals surface area contributed by atoms with Crippen LogP contribution in [0.5, 0.6) is 0 Å². The van der Waals surface area contributed by atoms with E-state index in [9.17, 15) is 15.8 Å². The molecule has 1 unspecified atom stereocenters. The predicted molar refractivity (Wildman–Crippen MR) is 145 cm³/mol. The first-order valence-electron chi connectivity index (χ1n) is 13.9. The molecular weight excluding hydrogens is 486 g/mol. The van der Waals surface area contributed by atoms with Crippen LogP contribution in [0.15, 0.2) is 61.7 Å². The smallest absolute Gasteiger partial charge is 0.137 e. The molecule has 0 saturated carbocycles. The fourth-order valence-electron chi connectivity index (χ4n) is 4.35. The zero-order chi connectivity index (χ0) is 30.8. The zero-order valence-electron chi connectivity index (χ0n) is 25.4. The Morgan fingerprint density at radius 1 is 0.692 bits per heavy atom. The molecule has 1 atom stereocenters. The summed E-state index contributed by atoms with van der Waals surface area (Å²) in [5.74, 6) is 0. The molecule has 39 heavy (non-hydrogen) atoms. The van der Waals surface area contributed by atoms with Crippen molar-refractivity contribution in [2.45, 2.75) is 70.3 Å². The lowest BCUT2D eigenvalue weighted by atomic mass is 9.74. The van der Waals surface area contributed by atoms with E-state index >= 15 is 0 Å². The summed E-state index contributed by atoms with van der Waals surface area (Å²) in [5.41, 5.74) is -0.157. The van der Waals surface area contributed by atoms with Crippen LogP contribution in [0.4, 0.5) is 0 Å². The topological polar surface area (TPSA) is 133 Å². The average Bonchev–Trinajstić information content (AvgIpc) is 3.65. The zero-order valence-corrected chi connectivity index (χ0v) is 22.4. The normalized spacial score (nSPS) is 14.6. The molecule has 9 heteroatoms. The van der Waals surface area contributed by atoms with Gasteiger partial charge in [0.05, 0.1) is 47.5 Å². The molecule has 2 heterocycles. The van der Waals surface area contributed by atoms with Crippen LogP contribution in [0.25, 0.3) is 0 Å². The molecule has 9 nitrogen and oxygen atoms in total. The van der Waals surface area contributed by atoms with Crippen LogP contribution in [0, 0.1) is 34.0 Å². The van der Waals surface area contributed by atoms with Crippen LogP contribution in [0.3, 0.4) is 0 Å². The van der Waals surface area contributed by atoms with Gasteiger partial charge in [0, 0.05) is 4.11 Å². The first kappa shape index (κ1) is 23.3. The van der Waals surface area contributed by atoms with Gasteiger partial charge in [0.1, 0.15) is 25.3 Å². The van der Waals surface area contributed by atoms with E-state index in [0.29, 0.717) is 28.8 Å². The third-order valence-corrected chi connectivity index (χ3v) is 6.82. The van der Waals surface area contributed by atoms with Gasteiger partial charge in [-0.3, -0.25) is 0 Å². The van der Waals surface area contributed by atoms with E-state index in [2.05, 4.69) is 38.4 Å². The van der Waals surface area contributed by atoms with Gasteiger partial charge in [-0.1, -0.05) is 36.4 Å². The van der Waals surface area contributed by atoms with E-state index in [-0.39, 0.29) is 18.5 Å². The van der Waals surface area contributed by atoms with Gasteiger partial charge in [-0.05, 0) is 74.3 Å². The molecule has 4 rings (SSSR count). The fraction of sp³-hybridized carbons (Fsp3) is 0.367. The van der Waals surface area contributed by atoms with E-state index in [4.69, 9.17) is 4.11 Å². The fourth-order valence-corrected chi connectivity index (χ4v) is 4.35. The molecule has 2 aromatic carbocycles. The van der Waals surface area contributed by atoms with Crippen molar-refractivity contribution in [3.63, 3.8) is 0 Å². The number of nitrogens with zero attached hydrogens (tertiary/aromatic N) is 9. The van der Waals surface area contributed by atoms with Crippen molar-refractivity contribution in [3.05, 3.63) is 95.1 Å². The van der Waals surface area contributed by atoms with E-state index in [0.717, 1.165) is 5.56 Å². The van der Waals surface area contributed by atoms with E-state index in [1.807, 2.05) is 18.2 Å². The van der Waals surface area contributed by atoms with Crippen molar-refractivity contribution in [1.29, 1.82) is 15.8 Å². The summed E-state index contributed by atoms with van der Waals surface area (Å²) in [6, 6.07) is 17.5. The monoisotopic (exact) mass is 520 g/mol. The minimum absolute atomic E-state index is 0.154. The number of rotatable bonds is 9. The SMILES string of the molecule is [2H]C([2H])([2H])C(C#N)(Cc1cc(Cn2cncn2)cc(C(C)(C)C#N)c1)c1cc(Cn2cncn2)cc(C(C)(C)C#N)c1. The first-order chi connectivity index (χ1) is 19.7. The third kappa shape index (κ3) is 6.03. The highest BCUT2D eigenvalue weighted by Gasteiger charge is 2.31. The molecule has 4 aromatic rings. The maximum Gasteiger partial charge on any atom is 0.137 e.